The van der Waals surface area contributed by atoms with Gasteiger partial charge in [0.1, 0.15) is 0 Å². The Morgan fingerprint density at radius 2 is 1.94 bits per heavy atom. The Balaban J connectivity index is 2.31. The number of aryl methyl sites for hydroxylation is 1. The molecular formula is C14H16INS. The largest absolute Gasteiger partial charge is 0.307 e. The lowest BCUT2D eigenvalue weighted by Crippen LogP contribution is -2.21. The third-order valence-corrected chi connectivity index (χ3v) is 4.55. The minimum absolute atomic E-state index is 0.320. The van der Waals surface area contributed by atoms with Gasteiger partial charge in [0.15, 0.2) is 0 Å². The summed E-state index contributed by atoms with van der Waals surface area (Å²) in [4.78, 5) is 0. The molecule has 1 aromatic heterocycles. The highest BCUT2D eigenvalue weighted by molar-refractivity contribution is 14.1. The zero-order chi connectivity index (χ0) is 12.3. The van der Waals surface area contributed by atoms with E-state index in [9.17, 15) is 0 Å². The predicted octanol–water partition coefficient (Wildman–Crippen LogP) is 4.36. The lowest BCUT2D eigenvalue weighted by molar-refractivity contribution is 0.632. The van der Waals surface area contributed by atoms with Gasteiger partial charge < -0.3 is 5.32 Å². The second kappa shape index (κ2) is 5.98. The van der Waals surface area contributed by atoms with Crippen molar-refractivity contribution in [1.29, 1.82) is 0 Å². The van der Waals surface area contributed by atoms with Crippen molar-refractivity contribution in [2.75, 3.05) is 6.54 Å². The summed E-state index contributed by atoms with van der Waals surface area (Å²) >= 11 is 4.18. The Kier molecular flexibility index (Phi) is 4.59. The van der Waals surface area contributed by atoms with E-state index in [4.69, 9.17) is 0 Å². The first-order valence-electron chi connectivity index (χ1n) is 5.74. The molecule has 3 heteroatoms. The van der Waals surface area contributed by atoms with Crippen LogP contribution in [0.5, 0.6) is 0 Å². The highest BCUT2D eigenvalue weighted by atomic mass is 127. The number of halogens is 1. The van der Waals surface area contributed by atoms with Gasteiger partial charge in [-0.25, -0.2) is 0 Å². The monoisotopic (exact) mass is 357 g/mol. The van der Waals surface area contributed by atoms with E-state index in [0.717, 1.165) is 6.54 Å². The quantitative estimate of drug-likeness (QED) is 0.802. The minimum Gasteiger partial charge on any atom is -0.307 e. The van der Waals surface area contributed by atoms with Gasteiger partial charge in [-0.05, 0) is 58.6 Å². The molecule has 0 saturated heterocycles. The summed E-state index contributed by atoms with van der Waals surface area (Å²) in [6.45, 7) is 5.25. The van der Waals surface area contributed by atoms with Crippen LogP contribution >= 0.6 is 33.9 Å². The molecule has 0 aliphatic rings. The molecule has 0 saturated carbocycles. The molecule has 1 aromatic carbocycles. The Morgan fingerprint density at radius 3 is 2.47 bits per heavy atom. The molecule has 0 fully saturated rings. The van der Waals surface area contributed by atoms with Crippen molar-refractivity contribution < 1.29 is 0 Å². The smallest absolute Gasteiger partial charge is 0.0656 e. The fraction of sp³-hybridized carbons (Fsp3) is 0.286. The number of thiophene rings is 1. The first kappa shape index (κ1) is 13.1. The summed E-state index contributed by atoms with van der Waals surface area (Å²) in [5, 5.41) is 5.80. The number of benzene rings is 1. The van der Waals surface area contributed by atoms with Crippen molar-refractivity contribution in [3.05, 3.63) is 55.3 Å². The van der Waals surface area contributed by atoms with Gasteiger partial charge in [0.05, 0.1) is 8.93 Å². The van der Waals surface area contributed by atoms with Gasteiger partial charge in [0, 0.05) is 0 Å². The second-order valence-electron chi connectivity index (χ2n) is 4.09. The molecular weight excluding hydrogens is 341 g/mol. The molecule has 1 N–H and O–H groups in total. The van der Waals surface area contributed by atoms with Crippen LogP contribution < -0.4 is 5.32 Å². The fourth-order valence-corrected chi connectivity index (χ4v) is 3.26. The predicted molar refractivity (Wildman–Crippen MR) is 83.7 cm³/mol. The van der Waals surface area contributed by atoms with Crippen molar-refractivity contribution >= 4 is 33.9 Å². The average Bonchev–Trinajstić information content (AvgIpc) is 2.74. The standard InChI is InChI=1S/C14H16INS/c1-3-16-14(12-8-13(15)17-9-12)11-6-4-10(2)5-7-11/h4-9,14,16H,3H2,1-2H3. The first-order chi connectivity index (χ1) is 8.20. The molecule has 0 aliphatic heterocycles. The number of hydrogen-bond donors (Lipinski definition) is 1. The van der Waals surface area contributed by atoms with Crippen LogP contribution in [0.3, 0.4) is 0 Å². The van der Waals surface area contributed by atoms with Crippen LogP contribution in [0, 0.1) is 9.81 Å². The summed E-state index contributed by atoms with van der Waals surface area (Å²) in [5.41, 5.74) is 4.01. The van der Waals surface area contributed by atoms with Crippen molar-refractivity contribution in [3.8, 4) is 0 Å². The first-order valence-corrected chi connectivity index (χ1v) is 7.70. The molecule has 0 spiro atoms. The lowest BCUT2D eigenvalue weighted by Gasteiger charge is -2.17. The van der Waals surface area contributed by atoms with E-state index in [1.165, 1.54) is 19.6 Å². The maximum atomic E-state index is 3.55. The van der Waals surface area contributed by atoms with Gasteiger partial charge in [0.25, 0.3) is 0 Å². The summed E-state index contributed by atoms with van der Waals surface area (Å²) in [6.07, 6.45) is 0. The number of rotatable bonds is 4. The maximum Gasteiger partial charge on any atom is 0.0656 e. The van der Waals surface area contributed by atoms with Gasteiger partial charge in [-0.15, -0.1) is 11.3 Å². The van der Waals surface area contributed by atoms with Crippen LogP contribution in [0.4, 0.5) is 0 Å². The van der Waals surface area contributed by atoms with Gasteiger partial charge >= 0.3 is 0 Å². The van der Waals surface area contributed by atoms with E-state index >= 15 is 0 Å². The molecule has 1 heterocycles. The lowest BCUT2D eigenvalue weighted by atomic mass is 10.0. The van der Waals surface area contributed by atoms with Crippen LogP contribution in [0.1, 0.15) is 29.7 Å². The molecule has 1 atom stereocenters. The summed E-state index contributed by atoms with van der Waals surface area (Å²) in [6, 6.07) is 11.4. The molecule has 0 radical (unpaired) electrons. The van der Waals surface area contributed by atoms with Crippen LogP contribution in [0.15, 0.2) is 35.7 Å². The molecule has 90 valence electrons. The van der Waals surface area contributed by atoms with Crippen LogP contribution in [0.25, 0.3) is 0 Å². The highest BCUT2D eigenvalue weighted by Crippen LogP contribution is 2.27. The molecule has 17 heavy (non-hydrogen) atoms. The summed E-state index contributed by atoms with van der Waals surface area (Å²) in [5.74, 6) is 0. The Bertz CT molecular complexity index is 475. The summed E-state index contributed by atoms with van der Waals surface area (Å²) in [7, 11) is 0. The van der Waals surface area contributed by atoms with Crippen molar-refractivity contribution in [2.24, 2.45) is 0 Å². The maximum absolute atomic E-state index is 3.55. The topological polar surface area (TPSA) is 12.0 Å². The zero-order valence-electron chi connectivity index (χ0n) is 10.0. The second-order valence-corrected chi connectivity index (χ2v) is 6.89. The van der Waals surface area contributed by atoms with E-state index < -0.39 is 0 Å². The molecule has 0 aliphatic carbocycles. The Labute approximate surface area is 120 Å². The van der Waals surface area contributed by atoms with E-state index in [-0.39, 0.29) is 0 Å². The van der Waals surface area contributed by atoms with Gasteiger partial charge in [0.2, 0.25) is 0 Å². The SMILES string of the molecule is CCNC(c1ccc(C)cc1)c1csc(I)c1. The molecule has 0 amide bonds. The van der Waals surface area contributed by atoms with E-state index in [0.29, 0.717) is 6.04 Å². The third-order valence-electron chi connectivity index (χ3n) is 2.74. The molecule has 2 rings (SSSR count). The minimum atomic E-state index is 0.320. The van der Waals surface area contributed by atoms with Crippen LogP contribution in [-0.2, 0) is 0 Å². The number of hydrogen-bond acceptors (Lipinski definition) is 2. The molecule has 0 bridgehead atoms. The Hall–Kier alpha value is -0.390. The van der Waals surface area contributed by atoms with Crippen LogP contribution in [-0.4, -0.2) is 6.54 Å². The van der Waals surface area contributed by atoms with Crippen LogP contribution in [0.2, 0.25) is 0 Å². The van der Waals surface area contributed by atoms with E-state index in [2.05, 4.69) is 77.5 Å². The summed E-state index contributed by atoms with van der Waals surface area (Å²) < 4.78 is 1.34. The van der Waals surface area contributed by atoms with Gasteiger partial charge in [-0.3, -0.25) is 0 Å². The van der Waals surface area contributed by atoms with Crippen molar-refractivity contribution in [3.63, 3.8) is 0 Å². The number of nitrogens with one attached hydrogen (secondary N) is 1. The normalized spacial score (nSPS) is 12.6. The average molecular weight is 357 g/mol. The van der Waals surface area contributed by atoms with E-state index in [1.54, 1.807) is 11.3 Å². The zero-order valence-corrected chi connectivity index (χ0v) is 13.0. The highest BCUT2D eigenvalue weighted by Gasteiger charge is 2.13. The van der Waals surface area contributed by atoms with Crippen molar-refractivity contribution in [2.45, 2.75) is 19.9 Å². The Morgan fingerprint density at radius 1 is 1.24 bits per heavy atom. The third kappa shape index (κ3) is 3.30. The molecule has 2 aromatic rings. The van der Waals surface area contributed by atoms with Gasteiger partial charge in [-0.1, -0.05) is 36.8 Å². The molecule has 1 unspecified atom stereocenters. The van der Waals surface area contributed by atoms with E-state index in [1.807, 2.05) is 0 Å². The van der Waals surface area contributed by atoms with Crippen molar-refractivity contribution in [1.82, 2.24) is 5.32 Å². The molecule has 1 nitrogen and oxygen atoms in total. The fourth-order valence-electron chi connectivity index (χ4n) is 1.87. The van der Waals surface area contributed by atoms with Gasteiger partial charge in [-0.2, -0.15) is 0 Å².